The molecule has 6 nitrogen and oxygen atoms in total. The lowest BCUT2D eigenvalue weighted by Crippen LogP contribution is -2.30. The lowest BCUT2D eigenvalue weighted by Gasteiger charge is -2.05. The van der Waals surface area contributed by atoms with Crippen molar-refractivity contribution in [3.63, 3.8) is 0 Å². The van der Waals surface area contributed by atoms with Gasteiger partial charge in [0.05, 0.1) is 6.33 Å². The maximum Gasteiger partial charge on any atom is 0.354 e. The summed E-state index contributed by atoms with van der Waals surface area (Å²) in [4.78, 5) is 28.6. The van der Waals surface area contributed by atoms with Crippen molar-refractivity contribution in [1.82, 2.24) is 15.3 Å². The number of carboxylic acid groups (broad SMARTS) is 1. The minimum Gasteiger partial charge on any atom is -0.477 e. The van der Waals surface area contributed by atoms with Gasteiger partial charge in [-0.25, -0.2) is 9.78 Å². The fourth-order valence-corrected chi connectivity index (χ4v) is 1.57. The van der Waals surface area contributed by atoms with Gasteiger partial charge in [0.1, 0.15) is 0 Å². The van der Waals surface area contributed by atoms with Crippen LogP contribution in [0.5, 0.6) is 0 Å². The molecule has 1 amide bonds. The molecule has 1 aliphatic rings. The Morgan fingerprint density at radius 3 is 2.75 bits per heavy atom. The number of rotatable bonds is 3. The molecule has 1 atom stereocenters. The van der Waals surface area contributed by atoms with Crippen LogP contribution in [0.15, 0.2) is 6.33 Å². The van der Waals surface area contributed by atoms with Crippen molar-refractivity contribution in [2.45, 2.75) is 26.3 Å². The van der Waals surface area contributed by atoms with E-state index in [1.807, 2.05) is 13.8 Å². The monoisotopic (exact) mass is 223 g/mol. The van der Waals surface area contributed by atoms with Crippen LogP contribution in [0, 0.1) is 5.41 Å². The number of carboxylic acids is 1. The van der Waals surface area contributed by atoms with Crippen molar-refractivity contribution in [3.8, 4) is 0 Å². The van der Waals surface area contributed by atoms with Crippen LogP contribution in [-0.4, -0.2) is 33.0 Å². The highest BCUT2D eigenvalue weighted by Crippen LogP contribution is 2.44. The lowest BCUT2D eigenvalue weighted by atomic mass is 10.2. The van der Waals surface area contributed by atoms with Crippen LogP contribution in [0.3, 0.4) is 0 Å². The second kappa shape index (κ2) is 3.33. The Morgan fingerprint density at radius 2 is 2.25 bits per heavy atom. The molecular weight excluding hydrogens is 210 g/mol. The van der Waals surface area contributed by atoms with E-state index in [9.17, 15) is 9.59 Å². The third-order valence-electron chi connectivity index (χ3n) is 2.89. The predicted octanol–water partition coefficient (Wildman–Crippen LogP) is 0.636. The number of amides is 1. The summed E-state index contributed by atoms with van der Waals surface area (Å²) in [6.45, 7) is 4.08. The molecule has 2 rings (SSSR count). The maximum absolute atomic E-state index is 11.7. The Kier molecular flexibility index (Phi) is 2.22. The van der Waals surface area contributed by atoms with E-state index >= 15 is 0 Å². The number of aromatic amines is 1. The molecule has 0 aromatic carbocycles. The van der Waals surface area contributed by atoms with E-state index in [0.29, 0.717) is 0 Å². The molecule has 1 fully saturated rings. The molecular formula is C10H13N3O3. The Morgan fingerprint density at radius 1 is 1.62 bits per heavy atom. The van der Waals surface area contributed by atoms with E-state index in [2.05, 4.69) is 15.3 Å². The summed E-state index contributed by atoms with van der Waals surface area (Å²) >= 11 is 0. The number of H-pyrrole nitrogens is 1. The van der Waals surface area contributed by atoms with Crippen LogP contribution in [-0.2, 0) is 0 Å². The summed E-state index contributed by atoms with van der Waals surface area (Å²) in [5.41, 5.74) is -0.124. The van der Waals surface area contributed by atoms with Gasteiger partial charge in [0, 0.05) is 6.04 Å². The van der Waals surface area contributed by atoms with E-state index in [4.69, 9.17) is 5.11 Å². The summed E-state index contributed by atoms with van der Waals surface area (Å²) in [6, 6.07) is 0.110. The fourth-order valence-electron chi connectivity index (χ4n) is 1.57. The summed E-state index contributed by atoms with van der Waals surface area (Å²) in [7, 11) is 0. The number of hydrogen-bond donors (Lipinski definition) is 3. The molecule has 0 aliphatic heterocycles. The standard InChI is InChI=1S/C10H13N3O3/c1-10(2)3-5(10)13-8(14)6-7(9(15)16)12-4-11-6/h4-5H,3H2,1-2H3,(H,11,12)(H,13,14)(H,15,16). The zero-order valence-electron chi connectivity index (χ0n) is 9.07. The number of aromatic nitrogens is 2. The smallest absolute Gasteiger partial charge is 0.354 e. The van der Waals surface area contributed by atoms with Gasteiger partial charge in [0.15, 0.2) is 11.4 Å². The summed E-state index contributed by atoms with van der Waals surface area (Å²) < 4.78 is 0. The summed E-state index contributed by atoms with van der Waals surface area (Å²) in [5.74, 6) is -1.62. The Balaban J connectivity index is 2.10. The number of imidazole rings is 1. The van der Waals surface area contributed by atoms with E-state index < -0.39 is 11.9 Å². The van der Waals surface area contributed by atoms with Gasteiger partial charge in [-0.1, -0.05) is 13.8 Å². The Labute approximate surface area is 92.1 Å². The second-order valence-corrected chi connectivity index (χ2v) is 4.65. The maximum atomic E-state index is 11.7. The molecule has 16 heavy (non-hydrogen) atoms. The molecule has 1 aromatic rings. The van der Waals surface area contributed by atoms with E-state index in [1.165, 1.54) is 6.33 Å². The third-order valence-corrected chi connectivity index (χ3v) is 2.89. The van der Waals surface area contributed by atoms with Crippen molar-refractivity contribution >= 4 is 11.9 Å². The zero-order valence-corrected chi connectivity index (χ0v) is 9.07. The first-order chi connectivity index (χ1) is 7.42. The van der Waals surface area contributed by atoms with E-state index in [0.717, 1.165) is 6.42 Å². The topological polar surface area (TPSA) is 95.1 Å². The normalized spacial score (nSPS) is 21.5. The average molecular weight is 223 g/mol. The highest BCUT2D eigenvalue weighted by Gasteiger charge is 2.47. The fraction of sp³-hybridized carbons (Fsp3) is 0.500. The number of carbonyl (C=O) groups excluding carboxylic acids is 1. The quantitative estimate of drug-likeness (QED) is 0.700. The molecule has 6 heteroatoms. The minimum atomic E-state index is -1.18. The number of carbonyl (C=O) groups is 2. The molecule has 3 N–H and O–H groups in total. The van der Waals surface area contributed by atoms with Gasteiger partial charge in [-0.2, -0.15) is 0 Å². The molecule has 0 saturated heterocycles. The largest absolute Gasteiger partial charge is 0.477 e. The van der Waals surface area contributed by atoms with Crippen LogP contribution < -0.4 is 5.32 Å². The predicted molar refractivity (Wildman–Crippen MR) is 55.2 cm³/mol. The van der Waals surface area contributed by atoms with Crippen LogP contribution in [0.4, 0.5) is 0 Å². The first kappa shape index (κ1) is 10.7. The molecule has 1 unspecified atom stereocenters. The van der Waals surface area contributed by atoms with Gasteiger partial charge in [-0.3, -0.25) is 4.79 Å². The highest BCUT2D eigenvalue weighted by molar-refractivity contribution is 6.02. The molecule has 0 bridgehead atoms. The molecule has 1 heterocycles. The van der Waals surface area contributed by atoms with Crippen molar-refractivity contribution in [1.29, 1.82) is 0 Å². The van der Waals surface area contributed by atoms with Gasteiger partial charge in [0.2, 0.25) is 0 Å². The number of nitrogens with one attached hydrogen (secondary N) is 2. The number of hydrogen-bond acceptors (Lipinski definition) is 3. The minimum absolute atomic E-state index is 0.0600. The van der Waals surface area contributed by atoms with Gasteiger partial charge in [0.25, 0.3) is 5.91 Å². The average Bonchev–Trinajstić information content (AvgIpc) is 2.68. The van der Waals surface area contributed by atoms with Crippen LogP contribution >= 0.6 is 0 Å². The second-order valence-electron chi connectivity index (χ2n) is 4.65. The van der Waals surface area contributed by atoms with Gasteiger partial charge >= 0.3 is 5.97 Å². The Bertz CT molecular complexity index is 450. The molecule has 1 saturated carbocycles. The van der Waals surface area contributed by atoms with Gasteiger partial charge < -0.3 is 15.4 Å². The first-order valence-electron chi connectivity index (χ1n) is 4.99. The van der Waals surface area contributed by atoms with Gasteiger partial charge in [-0.15, -0.1) is 0 Å². The molecule has 0 radical (unpaired) electrons. The molecule has 0 spiro atoms. The SMILES string of the molecule is CC1(C)CC1NC(=O)c1nc[nH]c1C(=O)O. The van der Waals surface area contributed by atoms with E-state index in [-0.39, 0.29) is 22.8 Å². The molecule has 1 aromatic heterocycles. The summed E-state index contributed by atoms with van der Waals surface area (Å²) in [6.07, 6.45) is 2.11. The highest BCUT2D eigenvalue weighted by atomic mass is 16.4. The molecule has 1 aliphatic carbocycles. The van der Waals surface area contributed by atoms with Crippen LogP contribution in [0.1, 0.15) is 41.2 Å². The first-order valence-corrected chi connectivity index (χ1v) is 4.99. The van der Waals surface area contributed by atoms with Crippen molar-refractivity contribution in [2.24, 2.45) is 5.41 Å². The van der Waals surface area contributed by atoms with Crippen LogP contribution in [0.25, 0.3) is 0 Å². The van der Waals surface area contributed by atoms with Gasteiger partial charge in [-0.05, 0) is 11.8 Å². The van der Waals surface area contributed by atoms with E-state index in [1.54, 1.807) is 0 Å². The number of aromatic carboxylic acids is 1. The van der Waals surface area contributed by atoms with Crippen LogP contribution in [0.2, 0.25) is 0 Å². The summed E-state index contributed by atoms with van der Waals surface area (Å²) in [5, 5.41) is 11.6. The Hall–Kier alpha value is -1.85. The third kappa shape index (κ3) is 1.78. The lowest BCUT2D eigenvalue weighted by molar-refractivity contribution is 0.0685. The van der Waals surface area contributed by atoms with Crippen molar-refractivity contribution in [3.05, 3.63) is 17.7 Å². The zero-order chi connectivity index (χ0) is 11.9. The molecule has 86 valence electrons. The van der Waals surface area contributed by atoms with Crippen molar-refractivity contribution in [2.75, 3.05) is 0 Å². The van der Waals surface area contributed by atoms with Crippen molar-refractivity contribution < 1.29 is 14.7 Å². The number of nitrogens with zero attached hydrogens (tertiary/aromatic N) is 1.